The number of rotatable bonds is 7. The monoisotopic (exact) mass is 639 g/mol. The Morgan fingerprint density at radius 1 is 1.07 bits per heavy atom. The van der Waals surface area contributed by atoms with Crippen LogP contribution in [0.4, 0.5) is 34.6 Å². The lowest BCUT2D eigenvalue weighted by Gasteiger charge is -2.24. The quantitative estimate of drug-likeness (QED) is 0.200. The van der Waals surface area contributed by atoms with E-state index in [1.54, 1.807) is 41.1 Å². The van der Waals surface area contributed by atoms with Crippen LogP contribution in [-0.4, -0.2) is 48.3 Å². The molecule has 13 heteroatoms. The Kier molecular flexibility index (Phi) is 9.03. The van der Waals surface area contributed by atoms with Crippen LogP contribution in [0.5, 0.6) is 0 Å². The average Bonchev–Trinajstić information content (AvgIpc) is 3.49. The summed E-state index contributed by atoms with van der Waals surface area (Å²) in [6.07, 6.45) is -5.37. The summed E-state index contributed by atoms with van der Waals surface area (Å²) in [6.45, 7) is 0.798. The number of halogens is 4. The molecule has 226 valence electrons. The molecule has 0 saturated carbocycles. The summed E-state index contributed by atoms with van der Waals surface area (Å²) in [4.78, 5) is 35.7. The first-order chi connectivity index (χ1) is 21.0. The van der Waals surface area contributed by atoms with E-state index in [1.807, 2.05) is 37.3 Å². The van der Waals surface area contributed by atoms with E-state index in [0.717, 1.165) is 11.1 Å². The standard InChI is InChI=1S/C31H25F4N5O2S2/c1-19-9-10-21(17-36)15-23(19)37-30-40(18-20-7-4-3-5-8-20)27(41)26(44-30)28-38(2)24-12-11-22(16-25(24)43-28)39(14-6-13-32)29(42)31(33,34)35/h3-5,7-12,15-16H,6,13-14,18H2,1-2H3. The molecule has 44 heavy (non-hydrogen) atoms. The van der Waals surface area contributed by atoms with Crippen molar-refractivity contribution < 1.29 is 27.2 Å². The number of anilines is 2. The Morgan fingerprint density at radius 3 is 2.50 bits per heavy atom. The topological polar surface area (TPSA) is 80.0 Å². The van der Waals surface area contributed by atoms with Crippen LogP contribution in [0.1, 0.15) is 23.1 Å². The molecule has 3 aromatic rings. The van der Waals surface area contributed by atoms with Gasteiger partial charge in [-0.3, -0.25) is 18.9 Å². The summed E-state index contributed by atoms with van der Waals surface area (Å²) < 4.78 is 52.9. The van der Waals surface area contributed by atoms with Crippen molar-refractivity contribution in [1.82, 2.24) is 4.90 Å². The molecule has 2 amide bonds. The maximum absolute atomic E-state index is 14.0. The van der Waals surface area contributed by atoms with Crippen molar-refractivity contribution in [3.8, 4) is 6.07 Å². The van der Waals surface area contributed by atoms with Gasteiger partial charge >= 0.3 is 12.1 Å². The normalized spacial score (nSPS) is 17.3. The number of hydrogen-bond acceptors (Lipinski definition) is 7. The Bertz CT molecular complexity index is 1720. The van der Waals surface area contributed by atoms with Gasteiger partial charge in [0.15, 0.2) is 5.17 Å². The third-order valence-electron chi connectivity index (χ3n) is 6.93. The van der Waals surface area contributed by atoms with E-state index >= 15 is 0 Å². The molecule has 3 aromatic carbocycles. The van der Waals surface area contributed by atoms with Crippen LogP contribution in [0, 0.1) is 18.3 Å². The summed E-state index contributed by atoms with van der Waals surface area (Å²) in [5, 5.41) is 10.4. The number of carbonyl (C=O) groups excluding carboxylic acids is 2. The molecular formula is C31H25F4N5O2S2. The van der Waals surface area contributed by atoms with Crippen LogP contribution >= 0.6 is 23.5 Å². The fraction of sp³-hybridized carbons (Fsp3) is 0.226. The zero-order chi connectivity index (χ0) is 31.6. The molecule has 0 atom stereocenters. The third-order valence-corrected chi connectivity index (χ3v) is 9.34. The van der Waals surface area contributed by atoms with Crippen LogP contribution in [0.25, 0.3) is 0 Å². The van der Waals surface area contributed by atoms with Crippen LogP contribution in [0.3, 0.4) is 0 Å². The molecule has 0 unspecified atom stereocenters. The Labute approximate surface area is 259 Å². The van der Waals surface area contributed by atoms with Gasteiger partial charge in [0.05, 0.1) is 41.3 Å². The van der Waals surface area contributed by atoms with E-state index < -0.39 is 25.3 Å². The second-order valence-electron chi connectivity index (χ2n) is 9.93. The van der Waals surface area contributed by atoms with Crippen molar-refractivity contribution in [2.24, 2.45) is 4.99 Å². The van der Waals surface area contributed by atoms with E-state index in [0.29, 0.717) is 41.8 Å². The number of benzene rings is 3. The van der Waals surface area contributed by atoms with E-state index in [-0.39, 0.29) is 24.6 Å². The van der Waals surface area contributed by atoms with Crippen molar-refractivity contribution in [1.29, 1.82) is 5.26 Å². The summed E-state index contributed by atoms with van der Waals surface area (Å²) in [5.41, 5.74) is 3.30. The third kappa shape index (κ3) is 6.32. The number of fused-ring (bicyclic) bond motifs is 1. The molecule has 0 aromatic heterocycles. The molecule has 2 aliphatic rings. The molecule has 1 fully saturated rings. The minimum Gasteiger partial charge on any atom is -0.337 e. The fourth-order valence-electron chi connectivity index (χ4n) is 4.65. The molecule has 0 radical (unpaired) electrons. The maximum Gasteiger partial charge on any atom is 0.471 e. The van der Waals surface area contributed by atoms with Crippen LogP contribution < -0.4 is 9.80 Å². The minimum absolute atomic E-state index is 0.0158. The van der Waals surface area contributed by atoms with Crippen molar-refractivity contribution >= 4 is 57.6 Å². The highest BCUT2D eigenvalue weighted by molar-refractivity contribution is 8.19. The van der Waals surface area contributed by atoms with Crippen molar-refractivity contribution in [2.45, 2.75) is 31.0 Å². The maximum atomic E-state index is 14.0. The number of aliphatic imine (C=N–C) groups is 1. The van der Waals surface area contributed by atoms with E-state index in [4.69, 9.17) is 4.99 Å². The molecule has 0 bridgehead atoms. The number of nitriles is 1. The van der Waals surface area contributed by atoms with Gasteiger partial charge in [0, 0.05) is 24.2 Å². The number of thioether (sulfide) groups is 2. The van der Waals surface area contributed by atoms with E-state index in [2.05, 4.69) is 6.07 Å². The molecule has 1 saturated heterocycles. The molecule has 2 aliphatic heterocycles. The number of amidine groups is 1. The number of aryl methyl sites for hydroxylation is 1. The Balaban J connectivity index is 1.53. The van der Waals surface area contributed by atoms with Gasteiger partial charge in [-0.1, -0.05) is 48.2 Å². The van der Waals surface area contributed by atoms with Gasteiger partial charge < -0.3 is 9.80 Å². The van der Waals surface area contributed by atoms with Gasteiger partial charge in [0.25, 0.3) is 5.91 Å². The van der Waals surface area contributed by atoms with Crippen LogP contribution in [0.15, 0.2) is 86.6 Å². The second-order valence-corrected chi connectivity index (χ2v) is 11.9. The number of amides is 2. The van der Waals surface area contributed by atoms with Gasteiger partial charge in [-0.05, 0) is 66.6 Å². The number of carbonyl (C=O) groups is 2. The zero-order valence-electron chi connectivity index (χ0n) is 23.6. The summed E-state index contributed by atoms with van der Waals surface area (Å²) in [7, 11) is 1.74. The Morgan fingerprint density at radius 2 is 1.82 bits per heavy atom. The first kappa shape index (κ1) is 31.2. The predicted molar refractivity (Wildman–Crippen MR) is 164 cm³/mol. The van der Waals surface area contributed by atoms with Crippen molar-refractivity contribution in [2.75, 3.05) is 30.1 Å². The molecule has 0 aliphatic carbocycles. The predicted octanol–water partition coefficient (Wildman–Crippen LogP) is 7.30. The zero-order valence-corrected chi connectivity index (χ0v) is 25.2. The number of nitrogens with zero attached hydrogens (tertiary/aromatic N) is 5. The molecule has 0 N–H and O–H groups in total. The molecule has 5 rings (SSSR count). The van der Waals surface area contributed by atoms with Gasteiger partial charge in [-0.2, -0.15) is 18.4 Å². The lowest BCUT2D eigenvalue weighted by molar-refractivity contribution is -0.170. The van der Waals surface area contributed by atoms with Crippen LogP contribution in [-0.2, 0) is 16.1 Å². The lowest BCUT2D eigenvalue weighted by atomic mass is 10.1. The largest absolute Gasteiger partial charge is 0.471 e. The van der Waals surface area contributed by atoms with E-state index in [1.165, 1.54) is 35.7 Å². The SMILES string of the molecule is Cc1ccc(C#N)cc1N=C1SC(=C2Sc3cc(N(CCCF)C(=O)C(F)(F)F)ccc3N2C)C(=O)N1Cc1ccccc1. The van der Waals surface area contributed by atoms with Gasteiger partial charge in [0.2, 0.25) is 0 Å². The highest BCUT2D eigenvalue weighted by atomic mass is 32.2. The smallest absolute Gasteiger partial charge is 0.337 e. The first-order valence-electron chi connectivity index (χ1n) is 13.4. The number of alkyl halides is 4. The highest BCUT2D eigenvalue weighted by Gasteiger charge is 2.44. The fourth-order valence-corrected chi connectivity index (χ4v) is 7.02. The van der Waals surface area contributed by atoms with E-state index in [9.17, 15) is 32.4 Å². The van der Waals surface area contributed by atoms with Crippen molar-refractivity contribution in [3.05, 3.63) is 93.4 Å². The van der Waals surface area contributed by atoms with Gasteiger partial charge in [-0.25, -0.2) is 4.99 Å². The molecular weight excluding hydrogens is 614 g/mol. The second kappa shape index (κ2) is 12.8. The average molecular weight is 640 g/mol. The number of hydrogen-bond donors (Lipinski definition) is 0. The van der Waals surface area contributed by atoms with Gasteiger partial charge in [-0.15, -0.1) is 0 Å². The summed E-state index contributed by atoms with van der Waals surface area (Å²) in [6, 6.07) is 21.1. The van der Waals surface area contributed by atoms with Crippen LogP contribution in [0.2, 0.25) is 0 Å². The lowest BCUT2D eigenvalue weighted by Crippen LogP contribution is -2.42. The molecule has 2 heterocycles. The molecule has 0 spiro atoms. The molecule has 7 nitrogen and oxygen atoms in total. The summed E-state index contributed by atoms with van der Waals surface area (Å²) >= 11 is 2.36. The first-order valence-corrected chi connectivity index (χ1v) is 15.0. The minimum atomic E-state index is -5.12. The van der Waals surface area contributed by atoms with Crippen molar-refractivity contribution in [3.63, 3.8) is 0 Å². The Hall–Kier alpha value is -4.28. The highest BCUT2D eigenvalue weighted by Crippen LogP contribution is 2.51. The van der Waals surface area contributed by atoms with Gasteiger partial charge in [0.1, 0.15) is 4.91 Å². The summed E-state index contributed by atoms with van der Waals surface area (Å²) in [5.74, 6) is -2.37.